The van der Waals surface area contributed by atoms with Gasteiger partial charge in [0.2, 0.25) is 5.91 Å². The van der Waals surface area contributed by atoms with Crippen LogP contribution in [-0.2, 0) is 0 Å². The smallest absolute Gasteiger partial charge is 0.249 e. The number of carbonyl (C=O) groups is 1. The van der Waals surface area contributed by atoms with Crippen molar-refractivity contribution in [3.63, 3.8) is 0 Å². The van der Waals surface area contributed by atoms with Gasteiger partial charge in [-0.15, -0.1) is 0 Å². The molecule has 0 aliphatic heterocycles. The Kier molecular flexibility index (Phi) is 2.51. The number of halogens is 1. The minimum absolute atomic E-state index is 0.443. The van der Waals surface area contributed by atoms with Crippen LogP contribution in [0, 0.1) is 0 Å². The summed E-state index contributed by atoms with van der Waals surface area (Å²) in [6.07, 6.45) is 3.02. The lowest BCUT2D eigenvalue weighted by atomic mass is 10.2. The summed E-state index contributed by atoms with van der Waals surface area (Å²) in [5.41, 5.74) is 6.43. The first-order chi connectivity index (χ1) is 7.18. The number of hydrogen-bond donors (Lipinski definition) is 1. The van der Waals surface area contributed by atoms with Gasteiger partial charge in [-0.25, -0.2) is 9.67 Å². The van der Waals surface area contributed by atoms with E-state index in [0.29, 0.717) is 10.0 Å². The lowest BCUT2D eigenvalue weighted by Crippen LogP contribution is -2.11. The minimum atomic E-state index is -0.466. The quantitative estimate of drug-likeness (QED) is 0.886. The van der Waals surface area contributed by atoms with E-state index in [1.807, 2.05) is 0 Å². The number of benzene rings is 1. The molecule has 15 heavy (non-hydrogen) atoms. The zero-order chi connectivity index (χ0) is 10.8. The normalized spacial score (nSPS) is 10.2. The topological polar surface area (TPSA) is 73.8 Å². The van der Waals surface area contributed by atoms with Crippen molar-refractivity contribution in [2.24, 2.45) is 5.73 Å². The summed E-state index contributed by atoms with van der Waals surface area (Å²) >= 11 is 3.27. The number of rotatable bonds is 2. The Hall–Kier alpha value is -1.69. The highest BCUT2D eigenvalue weighted by molar-refractivity contribution is 9.10. The maximum absolute atomic E-state index is 11.0. The third-order valence-corrected chi connectivity index (χ3v) is 2.56. The van der Waals surface area contributed by atoms with E-state index < -0.39 is 5.91 Å². The van der Waals surface area contributed by atoms with Crippen LogP contribution in [0.3, 0.4) is 0 Å². The first-order valence-electron chi connectivity index (χ1n) is 4.13. The van der Waals surface area contributed by atoms with Gasteiger partial charge in [-0.2, -0.15) is 5.10 Å². The second kappa shape index (κ2) is 3.82. The number of amides is 1. The summed E-state index contributed by atoms with van der Waals surface area (Å²) in [5.74, 6) is -0.466. The van der Waals surface area contributed by atoms with Crippen LogP contribution in [0.25, 0.3) is 5.69 Å². The molecule has 5 nitrogen and oxygen atoms in total. The van der Waals surface area contributed by atoms with Gasteiger partial charge in [0.05, 0.1) is 11.3 Å². The van der Waals surface area contributed by atoms with Crippen LogP contribution in [0.15, 0.2) is 35.3 Å². The molecule has 0 saturated heterocycles. The molecule has 0 unspecified atom stereocenters. The van der Waals surface area contributed by atoms with Crippen molar-refractivity contribution in [2.75, 3.05) is 0 Å². The molecule has 0 spiro atoms. The first-order valence-corrected chi connectivity index (χ1v) is 4.92. The van der Waals surface area contributed by atoms with Crippen molar-refractivity contribution in [1.82, 2.24) is 14.8 Å². The number of primary amides is 1. The number of carbonyl (C=O) groups excluding carboxylic acids is 1. The number of nitrogens with two attached hydrogens (primary N) is 1. The summed E-state index contributed by atoms with van der Waals surface area (Å²) in [4.78, 5) is 14.8. The fourth-order valence-electron chi connectivity index (χ4n) is 1.19. The molecular weight excluding hydrogens is 260 g/mol. The Morgan fingerprint density at radius 1 is 1.47 bits per heavy atom. The van der Waals surface area contributed by atoms with Crippen molar-refractivity contribution in [1.29, 1.82) is 0 Å². The summed E-state index contributed by atoms with van der Waals surface area (Å²) in [6.45, 7) is 0. The molecule has 0 radical (unpaired) electrons. The lowest BCUT2D eigenvalue weighted by Gasteiger charge is -2.03. The van der Waals surface area contributed by atoms with Gasteiger partial charge >= 0.3 is 0 Å². The van der Waals surface area contributed by atoms with Crippen LogP contribution in [0.4, 0.5) is 0 Å². The zero-order valence-corrected chi connectivity index (χ0v) is 9.18. The van der Waals surface area contributed by atoms with E-state index in [9.17, 15) is 4.79 Å². The van der Waals surface area contributed by atoms with Crippen molar-refractivity contribution in [3.8, 4) is 5.69 Å². The molecule has 76 valence electrons. The van der Waals surface area contributed by atoms with Crippen LogP contribution in [0.1, 0.15) is 10.4 Å². The third-order valence-electron chi connectivity index (χ3n) is 1.90. The molecule has 0 saturated carbocycles. The molecule has 6 heteroatoms. The average Bonchev–Trinajstić information content (AvgIpc) is 2.69. The third kappa shape index (κ3) is 1.89. The first kappa shape index (κ1) is 9.85. The Bertz CT molecular complexity index is 495. The highest BCUT2D eigenvalue weighted by atomic mass is 79.9. The highest BCUT2D eigenvalue weighted by Crippen LogP contribution is 2.19. The molecule has 2 N–H and O–H groups in total. The van der Waals surface area contributed by atoms with Gasteiger partial charge in [0.15, 0.2) is 0 Å². The van der Waals surface area contributed by atoms with E-state index in [2.05, 4.69) is 26.0 Å². The van der Waals surface area contributed by atoms with Gasteiger partial charge in [0.25, 0.3) is 0 Å². The molecule has 0 aliphatic rings. The Morgan fingerprint density at radius 2 is 2.27 bits per heavy atom. The second-order valence-electron chi connectivity index (χ2n) is 2.87. The van der Waals surface area contributed by atoms with Gasteiger partial charge < -0.3 is 5.73 Å². The molecule has 1 aromatic heterocycles. The summed E-state index contributed by atoms with van der Waals surface area (Å²) < 4.78 is 2.23. The van der Waals surface area contributed by atoms with E-state index in [1.165, 1.54) is 6.33 Å². The maximum atomic E-state index is 11.0. The van der Waals surface area contributed by atoms with Crippen molar-refractivity contribution < 1.29 is 4.79 Å². The molecule has 0 aliphatic carbocycles. The summed E-state index contributed by atoms with van der Waals surface area (Å²) in [7, 11) is 0. The largest absolute Gasteiger partial charge is 0.366 e. The monoisotopic (exact) mass is 266 g/mol. The number of nitrogens with zero attached hydrogens (tertiary/aromatic N) is 3. The fraction of sp³-hybridized carbons (Fsp3) is 0. The summed E-state index contributed by atoms with van der Waals surface area (Å²) in [6, 6.07) is 5.15. The number of aromatic nitrogens is 3. The minimum Gasteiger partial charge on any atom is -0.366 e. The van der Waals surface area contributed by atoms with E-state index in [4.69, 9.17) is 5.73 Å². The van der Waals surface area contributed by atoms with Gasteiger partial charge in [-0.1, -0.05) is 0 Å². The zero-order valence-electron chi connectivity index (χ0n) is 7.59. The molecule has 2 rings (SSSR count). The Labute approximate surface area is 94.0 Å². The van der Waals surface area contributed by atoms with Crippen molar-refractivity contribution in [3.05, 3.63) is 40.9 Å². The highest BCUT2D eigenvalue weighted by Gasteiger charge is 2.07. The van der Waals surface area contributed by atoms with Gasteiger partial charge in [0.1, 0.15) is 12.7 Å². The summed E-state index contributed by atoms with van der Waals surface area (Å²) in [5, 5.41) is 3.97. The van der Waals surface area contributed by atoms with Crippen molar-refractivity contribution >= 4 is 21.8 Å². The average molecular weight is 267 g/mol. The predicted molar refractivity (Wildman–Crippen MR) is 57.6 cm³/mol. The molecule has 1 amide bonds. The Morgan fingerprint density at radius 3 is 2.80 bits per heavy atom. The fourth-order valence-corrected chi connectivity index (χ4v) is 1.75. The Balaban J connectivity index is 2.47. The molecule has 1 heterocycles. The second-order valence-corrected chi connectivity index (χ2v) is 3.72. The molecule has 0 atom stereocenters. The van der Waals surface area contributed by atoms with E-state index in [-0.39, 0.29) is 0 Å². The number of hydrogen-bond acceptors (Lipinski definition) is 3. The van der Waals surface area contributed by atoms with Gasteiger partial charge in [-0.3, -0.25) is 4.79 Å². The molecule has 2 aromatic rings. The molecule has 1 aromatic carbocycles. The van der Waals surface area contributed by atoms with E-state index in [0.717, 1.165) is 5.69 Å². The molecule has 0 fully saturated rings. The van der Waals surface area contributed by atoms with Crippen molar-refractivity contribution in [2.45, 2.75) is 0 Å². The van der Waals surface area contributed by atoms with Crippen LogP contribution < -0.4 is 5.73 Å². The molecule has 0 bridgehead atoms. The van der Waals surface area contributed by atoms with E-state index >= 15 is 0 Å². The van der Waals surface area contributed by atoms with Gasteiger partial charge in [0, 0.05) is 4.47 Å². The van der Waals surface area contributed by atoms with Crippen LogP contribution >= 0.6 is 15.9 Å². The molecular formula is C9H7BrN4O. The van der Waals surface area contributed by atoms with E-state index in [1.54, 1.807) is 29.2 Å². The predicted octanol–water partition coefficient (Wildman–Crippen LogP) is 1.13. The van der Waals surface area contributed by atoms with Crippen LogP contribution in [0.2, 0.25) is 0 Å². The standard InChI is InChI=1S/C9H7BrN4O/c10-8-3-6(14-5-12-4-13-14)1-2-7(8)9(11)15/h1-5H,(H2,11,15). The van der Waals surface area contributed by atoms with Crippen LogP contribution in [0.5, 0.6) is 0 Å². The van der Waals surface area contributed by atoms with Crippen LogP contribution in [-0.4, -0.2) is 20.7 Å². The SMILES string of the molecule is NC(=O)c1ccc(-n2cncn2)cc1Br. The maximum Gasteiger partial charge on any atom is 0.249 e. The lowest BCUT2D eigenvalue weighted by molar-refractivity contribution is 0.0999. The van der Waals surface area contributed by atoms with Gasteiger partial charge in [-0.05, 0) is 34.1 Å².